The summed E-state index contributed by atoms with van der Waals surface area (Å²) in [4.78, 5) is 2.36. The van der Waals surface area contributed by atoms with Crippen LogP contribution in [0.2, 0.25) is 0 Å². The van der Waals surface area contributed by atoms with Gasteiger partial charge in [-0.15, -0.1) is 0 Å². The molecule has 0 amide bonds. The third-order valence-electron chi connectivity index (χ3n) is 4.43. The molecule has 1 aliphatic heterocycles. The van der Waals surface area contributed by atoms with Crippen molar-refractivity contribution in [3.8, 4) is 11.5 Å². The Morgan fingerprint density at radius 2 is 1.71 bits per heavy atom. The van der Waals surface area contributed by atoms with Crippen molar-refractivity contribution in [3.63, 3.8) is 0 Å². The Kier molecular flexibility index (Phi) is 5.33. The fourth-order valence-corrected chi connectivity index (χ4v) is 3.23. The molecule has 0 radical (unpaired) electrons. The van der Waals surface area contributed by atoms with Gasteiger partial charge in [-0.1, -0.05) is 12.1 Å². The standard InChI is InChI=1S/C19H23FN2O2/c1-23-16-6-3-14(4-7-16)19(22-11-9-21-10-12-22)17-13-15(20)5-8-18(17)24-2/h3-8,13,19,21H,9-12H2,1-2H3. The molecule has 0 aromatic heterocycles. The van der Waals surface area contributed by atoms with Gasteiger partial charge in [-0.3, -0.25) is 4.90 Å². The van der Waals surface area contributed by atoms with Gasteiger partial charge in [-0.05, 0) is 35.9 Å². The molecule has 2 aromatic rings. The molecule has 0 aliphatic carbocycles. The lowest BCUT2D eigenvalue weighted by Crippen LogP contribution is -2.45. The minimum absolute atomic E-state index is 0.0522. The number of benzene rings is 2. The number of hydrogen-bond acceptors (Lipinski definition) is 4. The van der Waals surface area contributed by atoms with E-state index in [4.69, 9.17) is 9.47 Å². The van der Waals surface area contributed by atoms with E-state index in [0.29, 0.717) is 5.75 Å². The molecular formula is C19H23FN2O2. The quantitative estimate of drug-likeness (QED) is 0.914. The van der Waals surface area contributed by atoms with Gasteiger partial charge in [0.1, 0.15) is 17.3 Å². The summed E-state index contributed by atoms with van der Waals surface area (Å²) in [6.07, 6.45) is 0. The zero-order valence-electron chi connectivity index (χ0n) is 14.1. The van der Waals surface area contributed by atoms with Crippen LogP contribution < -0.4 is 14.8 Å². The molecule has 2 aromatic carbocycles. The summed E-state index contributed by atoms with van der Waals surface area (Å²) >= 11 is 0. The van der Waals surface area contributed by atoms with E-state index >= 15 is 0 Å². The van der Waals surface area contributed by atoms with E-state index in [1.165, 1.54) is 6.07 Å². The fourth-order valence-electron chi connectivity index (χ4n) is 3.23. The third-order valence-corrected chi connectivity index (χ3v) is 4.43. The molecule has 1 heterocycles. The van der Waals surface area contributed by atoms with Gasteiger partial charge < -0.3 is 14.8 Å². The van der Waals surface area contributed by atoms with E-state index in [2.05, 4.69) is 10.2 Å². The Labute approximate surface area is 142 Å². The topological polar surface area (TPSA) is 33.7 Å². The van der Waals surface area contributed by atoms with Gasteiger partial charge >= 0.3 is 0 Å². The number of nitrogens with one attached hydrogen (secondary N) is 1. The van der Waals surface area contributed by atoms with Crippen molar-refractivity contribution >= 4 is 0 Å². The second-order valence-electron chi connectivity index (χ2n) is 5.85. The molecule has 3 rings (SSSR count). The van der Waals surface area contributed by atoms with Crippen LogP contribution >= 0.6 is 0 Å². The number of methoxy groups -OCH3 is 2. The summed E-state index contributed by atoms with van der Waals surface area (Å²) < 4.78 is 24.7. The molecule has 4 nitrogen and oxygen atoms in total. The van der Waals surface area contributed by atoms with Crippen LogP contribution in [0.4, 0.5) is 4.39 Å². The molecule has 1 fully saturated rings. The minimum atomic E-state index is -0.251. The fraction of sp³-hybridized carbons (Fsp3) is 0.368. The molecular weight excluding hydrogens is 307 g/mol. The van der Waals surface area contributed by atoms with Gasteiger partial charge in [-0.2, -0.15) is 0 Å². The summed E-state index contributed by atoms with van der Waals surface area (Å²) in [7, 11) is 3.28. The first-order valence-electron chi connectivity index (χ1n) is 8.15. The molecule has 0 saturated carbocycles. The first-order valence-corrected chi connectivity index (χ1v) is 8.15. The zero-order valence-corrected chi connectivity index (χ0v) is 14.1. The van der Waals surface area contributed by atoms with Crippen LogP contribution in [-0.4, -0.2) is 45.3 Å². The van der Waals surface area contributed by atoms with Gasteiger partial charge in [0.2, 0.25) is 0 Å². The molecule has 1 atom stereocenters. The van der Waals surface area contributed by atoms with E-state index in [9.17, 15) is 4.39 Å². The second-order valence-corrected chi connectivity index (χ2v) is 5.85. The van der Waals surface area contributed by atoms with Crippen molar-refractivity contribution in [2.75, 3.05) is 40.4 Å². The summed E-state index contributed by atoms with van der Waals surface area (Å²) in [5.74, 6) is 1.26. The van der Waals surface area contributed by atoms with Crippen LogP contribution in [0.15, 0.2) is 42.5 Å². The number of nitrogens with zero attached hydrogens (tertiary/aromatic N) is 1. The number of ether oxygens (including phenoxy) is 2. The number of halogens is 1. The van der Waals surface area contributed by atoms with Crippen molar-refractivity contribution in [3.05, 3.63) is 59.4 Å². The predicted molar refractivity (Wildman–Crippen MR) is 92.2 cm³/mol. The van der Waals surface area contributed by atoms with Gasteiger partial charge in [0, 0.05) is 31.7 Å². The van der Waals surface area contributed by atoms with E-state index < -0.39 is 0 Å². The maximum atomic E-state index is 13.9. The highest BCUT2D eigenvalue weighted by Crippen LogP contribution is 2.36. The minimum Gasteiger partial charge on any atom is -0.497 e. The second kappa shape index (κ2) is 7.64. The van der Waals surface area contributed by atoms with Crippen molar-refractivity contribution in [1.82, 2.24) is 10.2 Å². The molecule has 1 unspecified atom stereocenters. The molecule has 0 spiro atoms. The van der Waals surface area contributed by atoms with Crippen LogP contribution in [0, 0.1) is 5.82 Å². The summed E-state index contributed by atoms with van der Waals surface area (Å²) in [5, 5.41) is 3.36. The maximum Gasteiger partial charge on any atom is 0.124 e. The van der Waals surface area contributed by atoms with Gasteiger partial charge in [-0.25, -0.2) is 4.39 Å². The first-order chi connectivity index (χ1) is 11.7. The van der Waals surface area contributed by atoms with Crippen LogP contribution in [-0.2, 0) is 0 Å². The van der Waals surface area contributed by atoms with Crippen LogP contribution in [0.1, 0.15) is 17.2 Å². The van der Waals surface area contributed by atoms with E-state index in [1.54, 1.807) is 26.4 Å². The third kappa shape index (κ3) is 3.52. The van der Waals surface area contributed by atoms with Crippen molar-refractivity contribution < 1.29 is 13.9 Å². The predicted octanol–water partition coefficient (Wildman–Crippen LogP) is 2.84. The maximum absolute atomic E-state index is 13.9. The van der Waals surface area contributed by atoms with E-state index in [-0.39, 0.29) is 11.9 Å². The molecule has 128 valence electrons. The van der Waals surface area contributed by atoms with Crippen molar-refractivity contribution in [1.29, 1.82) is 0 Å². The molecule has 1 N–H and O–H groups in total. The smallest absolute Gasteiger partial charge is 0.124 e. The van der Waals surface area contributed by atoms with Crippen LogP contribution in [0.25, 0.3) is 0 Å². The Balaban J connectivity index is 2.05. The molecule has 1 aliphatic rings. The molecule has 24 heavy (non-hydrogen) atoms. The highest BCUT2D eigenvalue weighted by molar-refractivity contribution is 5.43. The van der Waals surface area contributed by atoms with Gasteiger partial charge in [0.25, 0.3) is 0 Å². The van der Waals surface area contributed by atoms with Crippen LogP contribution in [0.5, 0.6) is 11.5 Å². The zero-order chi connectivity index (χ0) is 16.9. The van der Waals surface area contributed by atoms with E-state index in [1.807, 2.05) is 24.3 Å². The molecule has 0 bridgehead atoms. The Morgan fingerprint density at radius 1 is 1.00 bits per heavy atom. The lowest BCUT2D eigenvalue weighted by molar-refractivity contribution is 0.195. The van der Waals surface area contributed by atoms with E-state index in [0.717, 1.165) is 43.1 Å². The average Bonchev–Trinajstić information content (AvgIpc) is 2.64. The van der Waals surface area contributed by atoms with Crippen molar-refractivity contribution in [2.45, 2.75) is 6.04 Å². The summed E-state index contributed by atoms with van der Waals surface area (Å²) in [6, 6.07) is 12.6. The van der Waals surface area contributed by atoms with Gasteiger partial charge in [0.15, 0.2) is 0 Å². The normalized spacial score (nSPS) is 16.6. The van der Waals surface area contributed by atoms with Crippen LogP contribution in [0.3, 0.4) is 0 Å². The Hall–Kier alpha value is -2.11. The number of hydrogen-bond donors (Lipinski definition) is 1. The van der Waals surface area contributed by atoms with Crippen molar-refractivity contribution in [2.24, 2.45) is 0 Å². The monoisotopic (exact) mass is 330 g/mol. The SMILES string of the molecule is COc1ccc(C(c2cc(F)ccc2OC)N2CCNCC2)cc1. The number of rotatable bonds is 5. The highest BCUT2D eigenvalue weighted by Gasteiger charge is 2.27. The summed E-state index contributed by atoms with van der Waals surface area (Å²) in [5.41, 5.74) is 1.95. The Bertz CT molecular complexity index is 670. The largest absolute Gasteiger partial charge is 0.497 e. The Morgan fingerprint density at radius 3 is 2.33 bits per heavy atom. The average molecular weight is 330 g/mol. The highest BCUT2D eigenvalue weighted by atomic mass is 19.1. The first kappa shape index (κ1) is 16.7. The summed E-state index contributed by atoms with van der Waals surface area (Å²) in [6.45, 7) is 3.64. The molecule has 1 saturated heterocycles. The van der Waals surface area contributed by atoms with Gasteiger partial charge in [0.05, 0.1) is 20.3 Å². The lowest BCUT2D eigenvalue weighted by atomic mass is 9.95. The molecule has 5 heteroatoms. The number of piperazine rings is 1. The lowest BCUT2D eigenvalue weighted by Gasteiger charge is -2.36.